The van der Waals surface area contributed by atoms with Crippen molar-refractivity contribution in [2.24, 2.45) is 0 Å². The first-order valence-corrected chi connectivity index (χ1v) is 8.79. The minimum Gasteiger partial charge on any atom is -0.370 e. The van der Waals surface area contributed by atoms with E-state index in [1.54, 1.807) is 12.1 Å². The summed E-state index contributed by atoms with van der Waals surface area (Å²) in [6.07, 6.45) is 0.790. The number of hydrogen-bond donors (Lipinski definition) is 2. The molecule has 1 heterocycles. The van der Waals surface area contributed by atoms with Crippen LogP contribution < -0.4 is 10.6 Å². The molecule has 0 saturated carbocycles. The molecule has 0 aliphatic carbocycles. The summed E-state index contributed by atoms with van der Waals surface area (Å²) in [5, 5.41) is 6.68. The van der Waals surface area contributed by atoms with E-state index in [4.69, 9.17) is 0 Å². The van der Waals surface area contributed by atoms with Gasteiger partial charge in [0.2, 0.25) is 0 Å². The molecular weight excluding hydrogens is 327 g/mol. The van der Waals surface area contributed by atoms with Crippen LogP contribution in [0.2, 0.25) is 0 Å². The molecule has 0 spiro atoms. The number of anilines is 2. The Labute approximate surface area is 153 Å². The van der Waals surface area contributed by atoms with Crippen molar-refractivity contribution in [1.82, 2.24) is 9.97 Å². The number of halogens is 1. The summed E-state index contributed by atoms with van der Waals surface area (Å²) in [5.74, 6) is 2.03. The first-order valence-electron chi connectivity index (χ1n) is 8.79. The van der Waals surface area contributed by atoms with Gasteiger partial charge in [0.1, 0.15) is 17.5 Å². The van der Waals surface area contributed by atoms with Crippen molar-refractivity contribution in [2.45, 2.75) is 26.3 Å². The molecular formula is C21H23FN4. The molecule has 1 aromatic heterocycles. The first-order chi connectivity index (χ1) is 12.6. The number of nitrogens with one attached hydrogen (secondary N) is 2. The zero-order chi connectivity index (χ0) is 18.4. The molecule has 0 saturated heterocycles. The van der Waals surface area contributed by atoms with Crippen molar-refractivity contribution in [3.8, 4) is 11.4 Å². The second kappa shape index (κ2) is 8.43. The molecule has 0 atom stereocenters. The van der Waals surface area contributed by atoms with Gasteiger partial charge in [-0.1, -0.05) is 42.5 Å². The molecule has 0 unspecified atom stereocenters. The molecule has 26 heavy (non-hydrogen) atoms. The second-order valence-electron chi connectivity index (χ2n) is 6.43. The number of nitrogens with zero attached hydrogens (tertiary/aromatic N) is 2. The van der Waals surface area contributed by atoms with Gasteiger partial charge in [0.05, 0.1) is 0 Å². The largest absolute Gasteiger partial charge is 0.370 e. The molecule has 0 amide bonds. The van der Waals surface area contributed by atoms with E-state index in [-0.39, 0.29) is 11.9 Å². The number of aromatic nitrogens is 2. The van der Waals surface area contributed by atoms with Crippen LogP contribution in [0.25, 0.3) is 11.4 Å². The van der Waals surface area contributed by atoms with Crippen LogP contribution in [0.4, 0.5) is 16.0 Å². The van der Waals surface area contributed by atoms with E-state index in [1.807, 2.05) is 36.4 Å². The summed E-state index contributed by atoms with van der Waals surface area (Å²) in [4.78, 5) is 9.25. The summed E-state index contributed by atoms with van der Waals surface area (Å²) in [6, 6.07) is 18.7. The van der Waals surface area contributed by atoms with Crippen LogP contribution in [0.1, 0.15) is 19.4 Å². The van der Waals surface area contributed by atoms with E-state index < -0.39 is 0 Å². The van der Waals surface area contributed by atoms with Crippen molar-refractivity contribution in [3.05, 3.63) is 72.0 Å². The van der Waals surface area contributed by atoms with E-state index in [9.17, 15) is 4.39 Å². The van der Waals surface area contributed by atoms with Crippen molar-refractivity contribution in [1.29, 1.82) is 0 Å². The van der Waals surface area contributed by atoms with Gasteiger partial charge in [-0.25, -0.2) is 14.4 Å². The Morgan fingerprint density at radius 1 is 0.923 bits per heavy atom. The third-order valence-corrected chi connectivity index (χ3v) is 3.83. The molecule has 3 aromatic rings. The number of hydrogen-bond acceptors (Lipinski definition) is 4. The molecule has 0 aliphatic rings. The average molecular weight is 350 g/mol. The Morgan fingerprint density at radius 2 is 1.62 bits per heavy atom. The summed E-state index contributed by atoms with van der Waals surface area (Å²) >= 11 is 0. The molecule has 0 aliphatic heterocycles. The molecule has 134 valence electrons. The lowest BCUT2D eigenvalue weighted by Gasteiger charge is -2.13. The Morgan fingerprint density at radius 3 is 2.31 bits per heavy atom. The van der Waals surface area contributed by atoms with E-state index >= 15 is 0 Å². The molecule has 0 bridgehead atoms. The van der Waals surface area contributed by atoms with Crippen LogP contribution in [0.3, 0.4) is 0 Å². The normalized spacial score (nSPS) is 10.8. The Balaban J connectivity index is 1.75. The van der Waals surface area contributed by atoms with Crippen LogP contribution in [0.5, 0.6) is 0 Å². The maximum Gasteiger partial charge on any atom is 0.163 e. The first kappa shape index (κ1) is 17.9. The lowest BCUT2D eigenvalue weighted by molar-refractivity contribution is 0.627. The van der Waals surface area contributed by atoms with Crippen LogP contribution in [0.15, 0.2) is 60.7 Å². The van der Waals surface area contributed by atoms with Crippen molar-refractivity contribution in [3.63, 3.8) is 0 Å². The highest BCUT2D eigenvalue weighted by molar-refractivity contribution is 5.61. The highest BCUT2D eigenvalue weighted by Crippen LogP contribution is 2.20. The topological polar surface area (TPSA) is 49.8 Å². The van der Waals surface area contributed by atoms with Gasteiger partial charge in [-0.2, -0.15) is 0 Å². The van der Waals surface area contributed by atoms with Gasteiger partial charge in [0.15, 0.2) is 5.82 Å². The van der Waals surface area contributed by atoms with E-state index in [1.165, 1.54) is 12.1 Å². The SMILES string of the molecule is CC(C)Nc1cc(NCCc2ccc(F)cc2)nc(-c2ccccc2)n1. The van der Waals surface area contributed by atoms with Gasteiger partial charge in [-0.15, -0.1) is 0 Å². The monoisotopic (exact) mass is 350 g/mol. The van der Waals surface area contributed by atoms with Crippen LogP contribution >= 0.6 is 0 Å². The van der Waals surface area contributed by atoms with E-state index in [0.29, 0.717) is 12.4 Å². The van der Waals surface area contributed by atoms with Crippen molar-refractivity contribution in [2.75, 3.05) is 17.2 Å². The lowest BCUT2D eigenvalue weighted by Crippen LogP contribution is -2.13. The van der Waals surface area contributed by atoms with Gasteiger partial charge in [-0.05, 0) is 38.0 Å². The van der Waals surface area contributed by atoms with Gasteiger partial charge < -0.3 is 10.6 Å². The standard InChI is InChI=1S/C21H23FN4/c1-15(2)24-20-14-19(23-13-12-16-8-10-18(22)11-9-16)25-21(26-20)17-6-4-3-5-7-17/h3-11,14-15H,12-13H2,1-2H3,(H2,23,24,25,26). The fourth-order valence-electron chi connectivity index (χ4n) is 2.61. The highest BCUT2D eigenvalue weighted by Gasteiger charge is 2.08. The molecule has 5 heteroatoms. The summed E-state index contributed by atoms with van der Waals surface area (Å²) in [5.41, 5.74) is 2.05. The molecule has 3 rings (SSSR count). The van der Waals surface area contributed by atoms with E-state index in [2.05, 4.69) is 34.4 Å². The van der Waals surface area contributed by atoms with Gasteiger partial charge in [0.25, 0.3) is 0 Å². The van der Waals surface area contributed by atoms with Gasteiger partial charge in [0, 0.05) is 24.2 Å². The zero-order valence-electron chi connectivity index (χ0n) is 15.0. The van der Waals surface area contributed by atoms with Crippen LogP contribution in [0, 0.1) is 5.82 Å². The maximum atomic E-state index is 13.0. The fourth-order valence-corrected chi connectivity index (χ4v) is 2.61. The van der Waals surface area contributed by atoms with Gasteiger partial charge >= 0.3 is 0 Å². The molecule has 0 fully saturated rings. The third kappa shape index (κ3) is 5.02. The Kier molecular flexibility index (Phi) is 5.79. The summed E-state index contributed by atoms with van der Waals surface area (Å²) in [6.45, 7) is 4.86. The van der Waals surface area contributed by atoms with Crippen LogP contribution in [-0.4, -0.2) is 22.6 Å². The van der Waals surface area contributed by atoms with Crippen LogP contribution in [-0.2, 0) is 6.42 Å². The average Bonchev–Trinajstić information content (AvgIpc) is 2.63. The third-order valence-electron chi connectivity index (χ3n) is 3.83. The predicted octanol–water partition coefficient (Wildman–Crippen LogP) is 4.76. The van der Waals surface area contributed by atoms with Gasteiger partial charge in [-0.3, -0.25) is 0 Å². The van der Waals surface area contributed by atoms with Crippen molar-refractivity contribution < 1.29 is 4.39 Å². The minimum absolute atomic E-state index is 0.214. The highest BCUT2D eigenvalue weighted by atomic mass is 19.1. The molecule has 2 aromatic carbocycles. The quantitative estimate of drug-likeness (QED) is 0.645. The van der Waals surface area contributed by atoms with Crippen molar-refractivity contribution >= 4 is 11.6 Å². The minimum atomic E-state index is -0.214. The second-order valence-corrected chi connectivity index (χ2v) is 6.43. The summed E-state index contributed by atoms with van der Waals surface area (Å²) in [7, 11) is 0. The Bertz CT molecular complexity index is 832. The number of rotatable bonds is 7. The smallest absolute Gasteiger partial charge is 0.163 e. The molecule has 4 nitrogen and oxygen atoms in total. The molecule has 0 radical (unpaired) electrons. The Hall–Kier alpha value is -2.95. The fraction of sp³-hybridized carbons (Fsp3) is 0.238. The van der Waals surface area contributed by atoms with E-state index in [0.717, 1.165) is 29.2 Å². The summed E-state index contributed by atoms with van der Waals surface area (Å²) < 4.78 is 13.0. The lowest BCUT2D eigenvalue weighted by atomic mass is 10.1. The number of benzene rings is 2. The maximum absolute atomic E-state index is 13.0. The predicted molar refractivity (Wildman–Crippen MR) is 105 cm³/mol. The molecule has 2 N–H and O–H groups in total. The zero-order valence-corrected chi connectivity index (χ0v) is 15.0.